The van der Waals surface area contributed by atoms with Crippen LogP contribution in [0.25, 0.3) is 0 Å². The molecule has 0 bridgehead atoms. The van der Waals surface area contributed by atoms with E-state index in [1.54, 1.807) is 0 Å². The van der Waals surface area contributed by atoms with Crippen LogP contribution in [-0.4, -0.2) is 22.4 Å². The molecule has 14 heavy (non-hydrogen) atoms. The molecule has 1 atom stereocenters. The first-order chi connectivity index (χ1) is 6.76. The van der Waals surface area contributed by atoms with E-state index in [-0.39, 0.29) is 0 Å². The SMILES string of the molecule is CCCc1nsc(NCC(C)CN)n1. The monoisotopic (exact) mass is 214 g/mol. The number of nitrogens with two attached hydrogens (primary N) is 1. The van der Waals surface area contributed by atoms with Gasteiger partial charge in [-0.3, -0.25) is 0 Å². The molecule has 4 nitrogen and oxygen atoms in total. The first-order valence-corrected chi connectivity index (χ1v) is 5.80. The van der Waals surface area contributed by atoms with E-state index >= 15 is 0 Å². The summed E-state index contributed by atoms with van der Waals surface area (Å²) < 4.78 is 4.25. The van der Waals surface area contributed by atoms with Crippen LogP contribution in [0.2, 0.25) is 0 Å². The summed E-state index contributed by atoms with van der Waals surface area (Å²) >= 11 is 1.43. The van der Waals surface area contributed by atoms with Crippen LogP contribution >= 0.6 is 11.5 Å². The van der Waals surface area contributed by atoms with E-state index in [0.29, 0.717) is 12.5 Å². The Morgan fingerprint density at radius 2 is 2.36 bits per heavy atom. The van der Waals surface area contributed by atoms with Gasteiger partial charge in [0, 0.05) is 24.5 Å². The highest BCUT2D eigenvalue weighted by molar-refractivity contribution is 7.09. The molecule has 80 valence electrons. The predicted molar refractivity (Wildman–Crippen MR) is 60.6 cm³/mol. The van der Waals surface area contributed by atoms with Gasteiger partial charge in [-0.15, -0.1) is 0 Å². The lowest BCUT2D eigenvalue weighted by Crippen LogP contribution is -2.19. The normalized spacial score (nSPS) is 12.8. The molecule has 0 amide bonds. The third-order valence-corrected chi connectivity index (χ3v) is 2.66. The van der Waals surface area contributed by atoms with Crippen LogP contribution in [0.5, 0.6) is 0 Å². The second-order valence-corrected chi connectivity index (χ2v) is 4.24. The third-order valence-electron chi connectivity index (χ3n) is 1.95. The van der Waals surface area contributed by atoms with Crippen LogP contribution in [0, 0.1) is 5.92 Å². The summed E-state index contributed by atoms with van der Waals surface area (Å²) in [6.07, 6.45) is 2.06. The lowest BCUT2D eigenvalue weighted by atomic mass is 10.2. The molecule has 0 aliphatic rings. The van der Waals surface area contributed by atoms with Gasteiger partial charge in [0.2, 0.25) is 5.13 Å². The number of aryl methyl sites for hydroxylation is 1. The van der Waals surface area contributed by atoms with Crippen molar-refractivity contribution in [1.29, 1.82) is 0 Å². The molecule has 1 aromatic heterocycles. The molecule has 1 rings (SSSR count). The average molecular weight is 214 g/mol. The van der Waals surface area contributed by atoms with Crippen LogP contribution in [0.1, 0.15) is 26.1 Å². The van der Waals surface area contributed by atoms with E-state index in [0.717, 1.165) is 30.3 Å². The van der Waals surface area contributed by atoms with Crippen molar-refractivity contribution in [3.05, 3.63) is 5.82 Å². The number of nitrogens with zero attached hydrogens (tertiary/aromatic N) is 2. The van der Waals surface area contributed by atoms with Crippen molar-refractivity contribution in [2.24, 2.45) is 11.7 Å². The largest absolute Gasteiger partial charge is 0.360 e. The molecule has 3 N–H and O–H groups in total. The van der Waals surface area contributed by atoms with E-state index in [1.165, 1.54) is 11.5 Å². The van der Waals surface area contributed by atoms with Crippen LogP contribution in [0.15, 0.2) is 0 Å². The molecule has 0 radical (unpaired) electrons. The van der Waals surface area contributed by atoms with Crippen LogP contribution in [0.3, 0.4) is 0 Å². The third kappa shape index (κ3) is 3.59. The average Bonchev–Trinajstić information content (AvgIpc) is 2.63. The fourth-order valence-corrected chi connectivity index (χ4v) is 1.61. The number of anilines is 1. The van der Waals surface area contributed by atoms with Gasteiger partial charge < -0.3 is 11.1 Å². The van der Waals surface area contributed by atoms with Gasteiger partial charge >= 0.3 is 0 Å². The Morgan fingerprint density at radius 3 is 3.00 bits per heavy atom. The van der Waals surface area contributed by atoms with E-state index in [9.17, 15) is 0 Å². The Balaban J connectivity index is 2.35. The fraction of sp³-hybridized carbons (Fsp3) is 0.778. The summed E-state index contributed by atoms with van der Waals surface area (Å²) in [6, 6.07) is 0. The highest BCUT2D eigenvalue weighted by atomic mass is 32.1. The first-order valence-electron chi connectivity index (χ1n) is 5.02. The number of hydrogen-bond acceptors (Lipinski definition) is 5. The Morgan fingerprint density at radius 1 is 1.57 bits per heavy atom. The number of nitrogens with one attached hydrogen (secondary N) is 1. The van der Waals surface area contributed by atoms with Crippen molar-refractivity contribution >= 4 is 16.7 Å². The summed E-state index contributed by atoms with van der Waals surface area (Å²) in [7, 11) is 0. The molecule has 0 spiro atoms. The molecule has 1 heterocycles. The van der Waals surface area contributed by atoms with Crippen LogP contribution in [-0.2, 0) is 6.42 Å². The van der Waals surface area contributed by atoms with Gasteiger partial charge in [-0.2, -0.15) is 4.37 Å². The van der Waals surface area contributed by atoms with E-state index in [2.05, 4.69) is 28.5 Å². The molecule has 0 aliphatic carbocycles. The summed E-state index contributed by atoms with van der Waals surface area (Å²) in [5.41, 5.74) is 5.52. The van der Waals surface area contributed by atoms with E-state index in [1.807, 2.05) is 0 Å². The van der Waals surface area contributed by atoms with Crippen molar-refractivity contribution in [3.63, 3.8) is 0 Å². The Labute approximate surface area is 89.1 Å². The lowest BCUT2D eigenvalue weighted by molar-refractivity contribution is 0.627. The van der Waals surface area contributed by atoms with Crippen LogP contribution < -0.4 is 11.1 Å². The standard InChI is InChI=1S/C9H18N4S/c1-3-4-8-12-9(14-13-8)11-6-7(2)5-10/h7H,3-6,10H2,1-2H3,(H,11,12,13). The van der Waals surface area contributed by atoms with Gasteiger partial charge in [-0.1, -0.05) is 13.8 Å². The van der Waals surface area contributed by atoms with Gasteiger partial charge in [0.05, 0.1) is 0 Å². The maximum absolute atomic E-state index is 5.52. The van der Waals surface area contributed by atoms with Crippen molar-refractivity contribution in [1.82, 2.24) is 9.36 Å². The van der Waals surface area contributed by atoms with Crippen molar-refractivity contribution < 1.29 is 0 Å². The maximum atomic E-state index is 5.52. The van der Waals surface area contributed by atoms with Crippen molar-refractivity contribution in [2.75, 3.05) is 18.4 Å². The van der Waals surface area contributed by atoms with Gasteiger partial charge in [0.15, 0.2) is 0 Å². The van der Waals surface area contributed by atoms with Gasteiger partial charge in [-0.25, -0.2) is 4.98 Å². The Bertz CT molecular complexity index is 261. The predicted octanol–water partition coefficient (Wildman–Crippen LogP) is 1.50. The molecule has 5 heteroatoms. The van der Waals surface area contributed by atoms with Gasteiger partial charge in [-0.05, 0) is 18.9 Å². The lowest BCUT2D eigenvalue weighted by Gasteiger charge is -2.07. The molecule has 0 saturated heterocycles. The molecule has 0 aromatic carbocycles. The maximum Gasteiger partial charge on any atom is 0.202 e. The zero-order chi connectivity index (χ0) is 10.4. The number of aromatic nitrogens is 2. The summed E-state index contributed by atoms with van der Waals surface area (Å²) in [4.78, 5) is 4.36. The molecule has 1 aromatic rings. The topological polar surface area (TPSA) is 63.8 Å². The summed E-state index contributed by atoms with van der Waals surface area (Å²) in [5.74, 6) is 1.42. The number of hydrogen-bond donors (Lipinski definition) is 2. The molecule has 0 aliphatic heterocycles. The van der Waals surface area contributed by atoms with Crippen molar-refractivity contribution in [2.45, 2.75) is 26.7 Å². The smallest absolute Gasteiger partial charge is 0.202 e. The Hall–Kier alpha value is -0.680. The molecule has 0 fully saturated rings. The minimum Gasteiger partial charge on any atom is -0.360 e. The van der Waals surface area contributed by atoms with Crippen molar-refractivity contribution in [3.8, 4) is 0 Å². The van der Waals surface area contributed by atoms with E-state index in [4.69, 9.17) is 5.73 Å². The highest BCUT2D eigenvalue weighted by Crippen LogP contribution is 2.12. The van der Waals surface area contributed by atoms with Crippen LogP contribution in [0.4, 0.5) is 5.13 Å². The second-order valence-electron chi connectivity index (χ2n) is 3.49. The molecular formula is C9H18N4S. The molecule has 1 unspecified atom stereocenters. The minimum absolute atomic E-state index is 0.480. The minimum atomic E-state index is 0.480. The Kier molecular flexibility index (Phi) is 4.82. The first kappa shape index (κ1) is 11.4. The summed E-state index contributed by atoms with van der Waals surface area (Å²) in [6.45, 7) is 5.82. The second kappa shape index (κ2) is 5.93. The zero-order valence-corrected chi connectivity index (χ0v) is 9.60. The zero-order valence-electron chi connectivity index (χ0n) is 8.79. The summed E-state index contributed by atoms with van der Waals surface area (Å²) in [5, 5.41) is 4.15. The van der Waals surface area contributed by atoms with E-state index < -0.39 is 0 Å². The quantitative estimate of drug-likeness (QED) is 0.753. The van der Waals surface area contributed by atoms with Gasteiger partial charge in [0.1, 0.15) is 5.82 Å². The fourth-order valence-electron chi connectivity index (χ4n) is 0.996. The van der Waals surface area contributed by atoms with Gasteiger partial charge in [0.25, 0.3) is 0 Å². The number of rotatable bonds is 6. The highest BCUT2D eigenvalue weighted by Gasteiger charge is 2.04. The molecular weight excluding hydrogens is 196 g/mol. The molecule has 0 saturated carbocycles.